The first-order chi connectivity index (χ1) is 20.9. The summed E-state index contributed by atoms with van der Waals surface area (Å²) in [4.78, 5) is 4.84. The van der Waals surface area contributed by atoms with Crippen molar-refractivity contribution in [2.75, 3.05) is 4.90 Å². The molecule has 0 saturated heterocycles. The van der Waals surface area contributed by atoms with E-state index in [1.54, 1.807) is 22.7 Å². The summed E-state index contributed by atoms with van der Waals surface area (Å²) in [6.45, 7) is 6.76. The Labute approximate surface area is 263 Å². The molecule has 212 valence electrons. The highest BCUT2D eigenvalue weighted by atomic mass is 32.1. The molecule has 2 aromatic heterocycles. The van der Waals surface area contributed by atoms with Crippen LogP contribution in [0.2, 0.25) is 0 Å². The van der Waals surface area contributed by atoms with Crippen molar-refractivity contribution in [2.24, 2.45) is 0 Å². The molecule has 0 fully saturated rings. The Morgan fingerprint density at radius 1 is 0.465 bits per heavy atom. The first-order valence-electron chi connectivity index (χ1n) is 14.6. The van der Waals surface area contributed by atoms with Gasteiger partial charge in [0, 0.05) is 26.8 Å². The summed E-state index contributed by atoms with van der Waals surface area (Å²) in [7, 11) is 0. The third-order valence-corrected chi connectivity index (χ3v) is 9.15. The van der Waals surface area contributed by atoms with E-state index in [-0.39, 0.29) is 5.41 Å². The van der Waals surface area contributed by atoms with Crippen molar-refractivity contribution in [2.45, 2.75) is 26.2 Å². The molecular weight excluding hydrogens is 559 g/mol. The fourth-order valence-electron chi connectivity index (χ4n) is 5.01. The molecule has 0 saturated carbocycles. The Morgan fingerprint density at radius 2 is 0.860 bits per heavy atom. The molecule has 0 radical (unpaired) electrons. The molecule has 1 nitrogen and oxygen atoms in total. The molecule has 6 aromatic rings. The zero-order valence-corrected chi connectivity index (χ0v) is 26.4. The molecule has 4 aromatic carbocycles. The normalized spacial score (nSPS) is 11.9. The van der Waals surface area contributed by atoms with Crippen molar-refractivity contribution in [1.82, 2.24) is 0 Å². The van der Waals surface area contributed by atoms with Crippen LogP contribution in [0.1, 0.15) is 47.2 Å². The quantitative estimate of drug-likeness (QED) is 0.170. The average molecular weight is 594 g/mol. The maximum atomic E-state index is 2.33. The van der Waals surface area contributed by atoms with Crippen molar-refractivity contribution in [1.29, 1.82) is 0 Å². The third-order valence-electron chi connectivity index (χ3n) is 7.48. The minimum atomic E-state index is 0.146. The maximum absolute atomic E-state index is 2.33. The second-order valence-corrected chi connectivity index (χ2v) is 13.5. The second kappa shape index (κ2) is 12.8. The lowest BCUT2D eigenvalue weighted by Gasteiger charge is -2.26. The molecular formula is C40H35NS2. The lowest BCUT2D eigenvalue weighted by atomic mass is 9.86. The van der Waals surface area contributed by atoms with Gasteiger partial charge < -0.3 is 4.90 Å². The van der Waals surface area contributed by atoms with E-state index >= 15 is 0 Å². The van der Waals surface area contributed by atoms with Gasteiger partial charge in [0.2, 0.25) is 0 Å². The van der Waals surface area contributed by atoms with Gasteiger partial charge in [0.1, 0.15) is 0 Å². The zero-order chi connectivity index (χ0) is 29.6. The van der Waals surface area contributed by atoms with E-state index in [1.807, 2.05) is 0 Å². The molecule has 0 aliphatic rings. The Hall–Kier alpha value is -4.44. The molecule has 0 spiro atoms. The Balaban J connectivity index is 1.30. The fourth-order valence-corrected chi connectivity index (χ4v) is 6.25. The summed E-state index contributed by atoms with van der Waals surface area (Å²) in [5, 5.41) is 4.21. The molecule has 0 unspecified atom stereocenters. The summed E-state index contributed by atoms with van der Waals surface area (Å²) in [5.41, 5.74) is 9.67. The summed E-state index contributed by atoms with van der Waals surface area (Å²) in [6.07, 6.45) is 8.70. The van der Waals surface area contributed by atoms with Gasteiger partial charge in [0.25, 0.3) is 0 Å². The minimum absolute atomic E-state index is 0.146. The smallest absolute Gasteiger partial charge is 0.0462 e. The predicted octanol–water partition coefficient (Wildman–Crippen LogP) is 12.6. The lowest BCUT2D eigenvalue weighted by molar-refractivity contribution is 0.590. The van der Waals surface area contributed by atoms with Crippen molar-refractivity contribution >= 4 is 64.0 Å². The summed E-state index contributed by atoms with van der Waals surface area (Å²) >= 11 is 3.50. The van der Waals surface area contributed by atoms with Crippen LogP contribution in [0.15, 0.2) is 132 Å². The minimum Gasteiger partial charge on any atom is -0.311 e. The molecule has 0 amide bonds. The van der Waals surface area contributed by atoms with Gasteiger partial charge >= 0.3 is 0 Å². The van der Waals surface area contributed by atoms with Crippen LogP contribution >= 0.6 is 22.7 Å². The van der Waals surface area contributed by atoms with Crippen LogP contribution in [-0.4, -0.2) is 0 Å². The number of hydrogen-bond donors (Lipinski definition) is 0. The van der Waals surface area contributed by atoms with Crippen LogP contribution < -0.4 is 4.90 Å². The van der Waals surface area contributed by atoms with Gasteiger partial charge in [-0.1, -0.05) is 106 Å². The van der Waals surface area contributed by atoms with Gasteiger partial charge in [-0.3, -0.25) is 0 Å². The van der Waals surface area contributed by atoms with E-state index in [0.717, 1.165) is 17.1 Å². The molecule has 0 bridgehead atoms. The van der Waals surface area contributed by atoms with E-state index < -0.39 is 0 Å². The van der Waals surface area contributed by atoms with E-state index in [4.69, 9.17) is 0 Å². The van der Waals surface area contributed by atoms with Crippen LogP contribution in [-0.2, 0) is 5.41 Å². The van der Waals surface area contributed by atoms with E-state index in [0.29, 0.717) is 0 Å². The topological polar surface area (TPSA) is 3.24 Å². The SMILES string of the molecule is CC(C)(C)c1ccc(-c2ccc(N(c3ccc(/C=C/c4cccs4)cc3)c3ccc(/C=C/c4cccs4)cc3)cc2)cc1. The Kier molecular flexibility index (Phi) is 8.55. The van der Waals surface area contributed by atoms with Crippen LogP contribution in [0, 0.1) is 0 Å². The molecule has 0 atom stereocenters. The van der Waals surface area contributed by atoms with Gasteiger partial charge in [-0.05, 0) is 105 Å². The number of anilines is 3. The summed E-state index contributed by atoms with van der Waals surface area (Å²) < 4.78 is 0. The van der Waals surface area contributed by atoms with Crippen molar-refractivity contribution < 1.29 is 0 Å². The second-order valence-electron chi connectivity index (χ2n) is 11.6. The monoisotopic (exact) mass is 593 g/mol. The van der Waals surface area contributed by atoms with Gasteiger partial charge in [0.05, 0.1) is 0 Å². The summed E-state index contributed by atoms with van der Waals surface area (Å²) in [6, 6.07) is 43.9. The standard InChI is InChI=1S/C40H35NS2/c1-40(2,3)34-18-14-32(15-19-34)33-16-24-37(25-17-33)41(35-20-8-30(9-21-35)12-26-38-6-4-28-42-38)36-22-10-31(11-23-36)13-27-39-7-5-29-43-39/h4-29H,1-3H3/b26-12+,27-13+. The largest absolute Gasteiger partial charge is 0.311 e. The fraction of sp³-hybridized carbons (Fsp3) is 0.100. The Morgan fingerprint density at radius 3 is 1.23 bits per heavy atom. The highest BCUT2D eigenvalue weighted by molar-refractivity contribution is 7.11. The number of rotatable bonds is 8. The molecule has 2 heterocycles. The molecule has 0 aliphatic heterocycles. The third kappa shape index (κ3) is 7.14. The van der Waals surface area contributed by atoms with Crippen molar-refractivity contribution in [3.63, 3.8) is 0 Å². The zero-order valence-electron chi connectivity index (χ0n) is 24.8. The van der Waals surface area contributed by atoms with Gasteiger partial charge in [-0.2, -0.15) is 0 Å². The maximum Gasteiger partial charge on any atom is 0.0462 e. The van der Waals surface area contributed by atoms with Gasteiger partial charge in [-0.25, -0.2) is 0 Å². The number of hydrogen-bond acceptors (Lipinski definition) is 3. The predicted molar refractivity (Wildman–Crippen MR) is 192 cm³/mol. The average Bonchev–Trinajstić information content (AvgIpc) is 3.76. The number of benzene rings is 4. The summed E-state index contributed by atoms with van der Waals surface area (Å²) in [5.74, 6) is 0. The first kappa shape index (κ1) is 28.7. The van der Waals surface area contributed by atoms with Crippen LogP contribution in [0.25, 0.3) is 35.4 Å². The Bertz CT molecular complexity index is 1690. The van der Waals surface area contributed by atoms with Crippen LogP contribution in [0.5, 0.6) is 0 Å². The van der Waals surface area contributed by atoms with Crippen LogP contribution in [0.3, 0.4) is 0 Å². The van der Waals surface area contributed by atoms with E-state index in [1.165, 1.54) is 37.6 Å². The van der Waals surface area contributed by atoms with Gasteiger partial charge in [0.15, 0.2) is 0 Å². The molecule has 43 heavy (non-hydrogen) atoms. The molecule has 0 N–H and O–H groups in total. The molecule has 3 heteroatoms. The number of nitrogens with zero attached hydrogens (tertiary/aromatic N) is 1. The first-order valence-corrected chi connectivity index (χ1v) is 16.3. The molecule has 0 aliphatic carbocycles. The van der Waals surface area contributed by atoms with Crippen molar-refractivity contribution in [3.8, 4) is 11.1 Å². The lowest BCUT2D eigenvalue weighted by Crippen LogP contribution is -2.10. The van der Waals surface area contributed by atoms with E-state index in [9.17, 15) is 0 Å². The van der Waals surface area contributed by atoms with Gasteiger partial charge in [-0.15, -0.1) is 22.7 Å². The molecule has 6 rings (SSSR count). The highest BCUT2D eigenvalue weighted by Crippen LogP contribution is 2.36. The van der Waals surface area contributed by atoms with Crippen LogP contribution in [0.4, 0.5) is 17.1 Å². The number of thiophene rings is 2. The highest BCUT2D eigenvalue weighted by Gasteiger charge is 2.15. The van der Waals surface area contributed by atoms with Crippen molar-refractivity contribution in [3.05, 3.63) is 159 Å². The van der Waals surface area contributed by atoms with E-state index in [2.05, 4.69) is 182 Å².